The van der Waals surface area contributed by atoms with Gasteiger partial charge in [-0.3, -0.25) is 0 Å². The van der Waals surface area contributed by atoms with Crippen LogP contribution in [0.1, 0.15) is 25.8 Å². The fourth-order valence-electron chi connectivity index (χ4n) is 2.08. The predicted octanol–water partition coefficient (Wildman–Crippen LogP) is 2.62. The summed E-state index contributed by atoms with van der Waals surface area (Å²) in [5, 5.41) is 0. The largest absolute Gasteiger partial charge is 0.380 e. The van der Waals surface area contributed by atoms with Gasteiger partial charge in [0.1, 0.15) is 0 Å². The van der Waals surface area contributed by atoms with Gasteiger partial charge >= 0.3 is 0 Å². The Kier molecular flexibility index (Phi) is 5.50. The highest BCUT2D eigenvalue weighted by Crippen LogP contribution is 2.13. The van der Waals surface area contributed by atoms with Gasteiger partial charge in [-0.15, -0.1) is 0 Å². The molecule has 0 radical (unpaired) electrons. The van der Waals surface area contributed by atoms with Crippen molar-refractivity contribution in [1.82, 2.24) is 0 Å². The van der Waals surface area contributed by atoms with Crippen molar-refractivity contribution in [2.24, 2.45) is 11.7 Å². The third-order valence-electron chi connectivity index (χ3n) is 2.96. The zero-order chi connectivity index (χ0) is 12.0. The van der Waals surface area contributed by atoms with Gasteiger partial charge in [0.05, 0.1) is 6.10 Å². The Morgan fingerprint density at radius 2 is 1.81 bits per heavy atom. The number of hydrogen-bond donors (Lipinski definition) is 1. The number of hydrogen-bond acceptors (Lipinski definition) is 2. The number of aryl methyl sites for hydroxylation is 1. The molecule has 0 saturated carbocycles. The quantitative estimate of drug-likeness (QED) is 0.801. The lowest BCUT2D eigenvalue weighted by molar-refractivity contribution is 0.0419. The molecule has 0 heterocycles. The van der Waals surface area contributed by atoms with E-state index in [0.29, 0.717) is 5.92 Å². The molecular weight excluding hydrogens is 198 g/mol. The SMILES string of the molecule is COC(C(C)C)C(N)CCc1ccccc1. The van der Waals surface area contributed by atoms with Crippen LogP contribution in [0, 0.1) is 5.92 Å². The van der Waals surface area contributed by atoms with E-state index in [9.17, 15) is 0 Å². The van der Waals surface area contributed by atoms with Crippen LogP contribution < -0.4 is 5.73 Å². The van der Waals surface area contributed by atoms with E-state index in [0.717, 1.165) is 12.8 Å². The number of benzene rings is 1. The number of nitrogens with two attached hydrogens (primary N) is 1. The Labute approximate surface area is 98.8 Å². The third kappa shape index (κ3) is 3.95. The van der Waals surface area contributed by atoms with Crippen LogP contribution in [0.4, 0.5) is 0 Å². The maximum absolute atomic E-state index is 6.15. The summed E-state index contributed by atoms with van der Waals surface area (Å²) in [4.78, 5) is 0. The highest BCUT2D eigenvalue weighted by Gasteiger charge is 2.20. The number of methoxy groups -OCH3 is 1. The van der Waals surface area contributed by atoms with Gasteiger partial charge in [-0.25, -0.2) is 0 Å². The van der Waals surface area contributed by atoms with Gasteiger partial charge in [0.2, 0.25) is 0 Å². The van der Waals surface area contributed by atoms with Crippen LogP contribution in [0.15, 0.2) is 30.3 Å². The molecule has 1 aromatic carbocycles. The summed E-state index contributed by atoms with van der Waals surface area (Å²) in [5.41, 5.74) is 7.50. The van der Waals surface area contributed by atoms with Crippen LogP contribution in [0.3, 0.4) is 0 Å². The Balaban J connectivity index is 2.43. The van der Waals surface area contributed by atoms with Crippen molar-refractivity contribution in [3.63, 3.8) is 0 Å². The Morgan fingerprint density at radius 3 is 2.31 bits per heavy atom. The molecule has 90 valence electrons. The summed E-state index contributed by atoms with van der Waals surface area (Å²) in [6.45, 7) is 4.30. The summed E-state index contributed by atoms with van der Waals surface area (Å²) >= 11 is 0. The van der Waals surface area contributed by atoms with Crippen LogP contribution in [-0.4, -0.2) is 19.3 Å². The molecule has 2 N–H and O–H groups in total. The molecule has 2 heteroatoms. The van der Waals surface area contributed by atoms with E-state index in [1.165, 1.54) is 5.56 Å². The topological polar surface area (TPSA) is 35.2 Å². The molecular formula is C14H23NO. The van der Waals surface area contributed by atoms with Crippen LogP contribution >= 0.6 is 0 Å². The molecule has 16 heavy (non-hydrogen) atoms. The van der Waals surface area contributed by atoms with E-state index < -0.39 is 0 Å². The van der Waals surface area contributed by atoms with E-state index >= 15 is 0 Å². The molecule has 0 spiro atoms. The minimum atomic E-state index is 0.116. The summed E-state index contributed by atoms with van der Waals surface area (Å²) in [5.74, 6) is 0.468. The fourth-order valence-corrected chi connectivity index (χ4v) is 2.08. The summed E-state index contributed by atoms with van der Waals surface area (Å²) < 4.78 is 5.44. The van der Waals surface area contributed by atoms with E-state index in [2.05, 4.69) is 38.1 Å². The Bertz CT molecular complexity index is 284. The number of ether oxygens (including phenoxy) is 1. The lowest BCUT2D eigenvalue weighted by Crippen LogP contribution is -2.40. The first-order chi connectivity index (χ1) is 7.65. The average molecular weight is 221 g/mol. The Morgan fingerprint density at radius 1 is 1.19 bits per heavy atom. The summed E-state index contributed by atoms with van der Waals surface area (Å²) in [6, 6.07) is 10.6. The maximum Gasteiger partial charge on any atom is 0.0745 e. The van der Waals surface area contributed by atoms with Crippen LogP contribution in [-0.2, 0) is 11.2 Å². The van der Waals surface area contributed by atoms with Crippen LogP contribution in [0.2, 0.25) is 0 Å². The number of rotatable bonds is 6. The van der Waals surface area contributed by atoms with Crippen molar-refractivity contribution in [3.05, 3.63) is 35.9 Å². The summed E-state index contributed by atoms with van der Waals surface area (Å²) in [7, 11) is 1.74. The van der Waals surface area contributed by atoms with Gasteiger partial charge in [-0.2, -0.15) is 0 Å². The fraction of sp³-hybridized carbons (Fsp3) is 0.571. The molecule has 0 bridgehead atoms. The van der Waals surface area contributed by atoms with Crippen LogP contribution in [0.25, 0.3) is 0 Å². The second kappa shape index (κ2) is 6.66. The normalized spacial score (nSPS) is 15.1. The maximum atomic E-state index is 6.15. The van der Waals surface area contributed by atoms with Crippen LogP contribution in [0.5, 0.6) is 0 Å². The molecule has 1 rings (SSSR count). The van der Waals surface area contributed by atoms with E-state index in [1.54, 1.807) is 7.11 Å². The lowest BCUT2D eigenvalue weighted by Gasteiger charge is -2.25. The molecule has 0 aliphatic carbocycles. The first-order valence-electron chi connectivity index (χ1n) is 5.97. The van der Waals surface area contributed by atoms with Gasteiger partial charge in [0.25, 0.3) is 0 Å². The third-order valence-corrected chi connectivity index (χ3v) is 2.96. The van der Waals surface area contributed by atoms with Crippen molar-refractivity contribution >= 4 is 0 Å². The molecule has 0 aliphatic rings. The minimum absolute atomic E-state index is 0.116. The first kappa shape index (κ1) is 13.2. The van der Waals surface area contributed by atoms with Gasteiger partial charge < -0.3 is 10.5 Å². The zero-order valence-corrected chi connectivity index (χ0v) is 10.5. The molecule has 2 nitrogen and oxygen atoms in total. The molecule has 0 aromatic heterocycles. The first-order valence-corrected chi connectivity index (χ1v) is 5.97. The monoisotopic (exact) mass is 221 g/mol. The van der Waals surface area contributed by atoms with Crippen molar-refractivity contribution in [2.75, 3.05) is 7.11 Å². The lowest BCUT2D eigenvalue weighted by atomic mass is 9.95. The Hall–Kier alpha value is -0.860. The zero-order valence-electron chi connectivity index (χ0n) is 10.5. The molecule has 1 aromatic rings. The second-order valence-corrected chi connectivity index (χ2v) is 4.63. The summed E-state index contributed by atoms with van der Waals surface area (Å²) in [6.07, 6.45) is 2.15. The smallest absolute Gasteiger partial charge is 0.0745 e. The van der Waals surface area contributed by atoms with Crippen molar-refractivity contribution in [1.29, 1.82) is 0 Å². The average Bonchev–Trinajstić information content (AvgIpc) is 2.28. The van der Waals surface area contributed by atoms with E-state index in [4.69, 9.17) is 10.5 Å². The highest BCUT2D eigenvalue weighted by atomic mass is 16.5. The van der Waals surface area contributed by atoms with Gasteiger partial charge in [-0.05, 0) is 24.3 Å². The van der Waals surface area contributed by atoms with Crippen molar-refractivity contribution in [3.8, 4) is 0 Å². The minimum Gasteiger partial charge on any atom is -0.380 e. The van der Waals surface area contributed by atoms with E-state index in [-0.39, 0.29) is 12.1 Å². The molecule has 2 unspecified atom stereocenters. The highest BCUT2D eigenvalue weighted by molar-refractivity contribution is 5.14. The molecule has 0 fully saturated rings. The van der Waals surface area contributed by atoms with Gasteiger partial charge in [-0.1, -0.05) is 44.2 Å². The van der Waals surface area contributed by atoms with Crippen molar-refractivity contribution in [2.45, 2.75) is 38.8 Å². The molecule has 0 amide bonds. The van der Waals surface area contributed by atoms with E-state index in [1.807, 2.05) is 6.07 Å². The molecule has 0 aliphatic heterocycles. The predicted molar refractivity (Wildman–Crippen MR) is 68.4 cm³/mol. The molecule has 2 atom stereocenters. The molecule has 0 saturated heterocycles. The second-order valence-electron chi connectivity index (χ2n) is 4.63. The van der Waals surface area contributed by atoms with Gasteiger partial charge in [0, 0.05) is 13.2 Å². The standard InChI is InChI=1S/C14H23NO/c1-11(2)14(16-3)13(15)10-9-12-7-5-4-6-8-12/h4-8,11,13-14H,9-10,15H2,1-3H3. The van der Waals surface area contributed by atoms with Crippen molar-refractivity contribution < 1.29 is 4.74 Å². The van der Waals surface area contributed by atoms with Gasteiger partial charge in [0.15, 0.2) is 0 Å².